The van der Waals surface area contributed by atoms with Crippen molar-refractivity contribution in [1.29, 1.82) is 0 Å². The Morgan fingerprint density at radius 1 is 1.19 bits per heavy atom. The maximum absolute atomic E-state index is 10.2. The van der Waals surface area contributed by atoms with Gasteiger partial charge in [-0.2, -0.15) is 0 Å². The Morgan fingerprint density at radius 2 is 1.69 bits per heavy atom. The van der Waals surface area contributed by atoms with Crippen LogP contribution < -0.4 is 0 Å². The van der Waals surface area contributed by atoms with Gasteiger partial charge in [-0.05, 0) is 6.07 Å². The first-order chi connectivity index (χ1) is 7.43. The molecule has 0 aliphatic rings. The van der Waals surface area contributed by atoms with Crippen LogP contribution in [0.15, 0.2) is 18.2 Å². The molecule has 0 spiro atoms. The number of phenols is 1. The molecular formula is C6H4Cl2N2NiO5. The van der Waals surface area contributed by atoms with Crippen molar-refractivity contribution in [3.05, 3.63) is 38.4 Å². The Labute approximate surface area is 104 Å². The van der Waals surface area contributed by atoms with Crippen molar-refractivity contribution < 1.29 is 27.6 Å². The molecule has 0 aromatic heterocycles. The fraction of sp³-hybridized carbons (Fsp3) is 0. The molecule has 0 unspecified atom stereocenters. The molecule has 0 fully saturated rings. The third-order valence-corrected chi connectivity index (χ3v) is 1.37. The Morgan fingerprint density at radius 3 is 2.06 bits per heavy atom. The van der Waals surface area contributed by atoms with Gasteiger partial charge in [-0.3, -0.25) is 20.2 Å². The van der Waals surface area contributed by atoms with Crippen LogP contribution >= 0.6 is 20.4 Å². The van der Waals surface area contributed by atoms with Gasteiger partial charge in [0.1, 0.15) is 0 Å². The van der Waals surface area contributed by atoms with Gasteiger partial charge in [-0.25, -0.2) is 0 Å². The average Bonchev–Trinajstić information content (AvgIpc) is 2.18. The summed E-state index contributed by atoms with van der Waals surface area (Å²) in [5, 5.41) is 29.3. The summed E-state index contributed by atoms with van der Waals surface area (Å²) in [7, 11) is 9.40. The van der Waals surface area contributed by atoms with E-state index in [-0.39, 0.29) is 0 Å². The fourth-order valence-electron chi connectivity index (χ4n) is 0.772. The summed E-state index contributed by atoms with van der Waals surface area (Å²) in [5.74, 6) is -0.587. The summed E-state index contributed by atoms with van der Waals surface area (Å²) >= 11 is 0.569. The molecule has 1 rings (SSSR count). The zero-order valence-electron chi connectivity index (χ0n) is 7.28. The number of phenolic OH excluding ortho intramolecular Hbond substituents is 1. The number of aromatic hydroxyl groups is 1. The van der Waals surface area contributed by atoms with Crippen LogP contribution in [0.25, 0.3) is 0 Å². The normalized spacial score (nSPS) is 9.12. The number of nitro benzene ring substituents is 2. The average molecular weight is 314 g/mol. The summed E-state index contributed by atoms with van der Waals surface area (Å²) in [6.45, 7) is 0. The summed E-state index contributed by atoms with van der Waals surface area (Å²) in [4.78, 5) is 18.7. The molecule has 0 bridgehead atoms. The molecule has 0 saturated carbocycles. The standard InChI is InChI=1S/C6H4N2O5.2ClH.Ni/c9-6-2-1-4(7(10)11)3-5(6)8(12)13;;;/h1-3,9H;2*1H;/q;;;+2/p-2. The van der Waals surface area contributed by atoms with Crippen molar-refractivity contribution in [2.75, 3.05) is 0 Å². The van der Waals surface area contributed by atoms with Gasteiger partial charge in [0.2, 0.25) is 0 Å². The molecule has 0 heterocycles. The Kier molecular flexibility index (Phi) is 6.71. The van der Waals surface area contributed by atoms with Gasteiger partial charge >= 0.3 is 38.7 Å². The van der Waals surface area contributed by atoms with Crippen LogP contribution in [-0.2, 0) is 12.7 Å². The van der Waals surface area contributed by atoms with Crippen molar-refractivity contribution in [3.8, 4) is 5.75 Å². The minimum atomic E-state index is -0.887. The summed E-state index contributed by atoms with van der Waals surface area (Å²) in [5.41, 5.74) is -1.10. The molecule has 1 N–H and O–H groups in total. The number of hydrogen-bond acceptors (Lipinski definition) is 5. The molecule has 16 heavy (non-hydrogen) atoms. The predicted molar refractivity (Wildman–Crippen MR) is 53.1 cm³/mol. The Balaban J connectivity index is 0.000000673. The number of hydrogen-bond donors (Lipinski definition) is 1. The van der Waals surface area contributed by atoms with E-state index in [0.717, 1.165) is 12.1 Å². The summed E-state index contributed by atoms with van der Waals surface area (Å²) < 4.78 is 0. The van der Waals surface area contributed by atoms with Gasteiger partial charge in [0.25, 0.3) is 5.69 Å². The molecule has 0 saturated heterocycles. The van der Waals surface area contributed by atoms with Crippen molar-refractivity contribution >= 4 is 31.8 Å². The van der Waals surface area contributed by atoms with Crippen LogP contribution in [0.1, 0.15) is 0 Å². The van der Waals surface area contributed by atoms with E-state index in [1.807, 2.05) is 0 Å². The van der Waals surface area contributed by atoms with Crippen molar-refractivity contribution in [2.45, 2.75) is 0 Å². The van der Waals surface area contributed by atoms with Crippen LogP contribution in [-0.4, -0.2) is 15.0 Å². The summed E-state index contributed by atoms with van der Waals surface area (Å²) in [6.07, 6.45) is 0. The van der Waals surface area contributed by atoms with Gasteiger partial charge in [0.05, 0.1) is 15.9 Å². The van der Waals surface area contributed by atoms with E-state index >= 15 is 0 Å². The first-order valence-electron chi connectivity index (χ1n) is 3.38. The van der Waals surface area contributed by atoms with Gasteiger partial charge < -0.3 is 5.11 Å². The van der Waals surface area contributed by atoms with Crippen molar-refractivity contribution in [2.24, 2.45) is 0 Å². The molecule has 0 atom stereocenters. The first-order valence-corrected chi connectivity index (χ1v) is 6.10. The van der Waals surface area contributed by atoms with Crippen molar-refractivity contribution in [1.82, 2.24) is 0 Å². The van der Waals surface area contributed by atoms with Crippen LogP contribution in [0.5, 0.6) is 5.75 Å². The third kappa shape index (κ3) is 4.61. The van der Waals surface area contributed by atoms with E-state index in [9.17, 15) is 20.2 Å². The van der Waals surface area contributed by atoms with E-state index in [2.05, 4.69) is 0 Å². The Hall–Kier alpha value is -1.11. The van der Waals surface area contributed by atoms with Crippen LogP contribution in [0.4, 0.5) is 11.4 Å². The van der Waals surface area contributed by atoms with Crippen LogP contribution in [0.2, 0.25) is 0 Å². The van der Waals surface area contributed by atoms with Crippen molar-refractivity contribution in [3.63, 3.8) is 0 Å². The topological polar surface area (TPSA) is 107 Å². The van der Waals surface area contributed by atoms with E-state index in [4.69, 9.17) is 25.5 Å². The van der Waals surface area contributed by atoms with Crippen LogP contribution in [0, 0.1) is 20.2 Å². The van der Waals surface area contributed by atoms with Gasteiger partial charge in [0.15, 0.2) is 5.75 Å². The second-order valence-electron chi connectivity index (χ2n) is 2.23. The maximum atomic E-state index is 10.2. The first kappa shape index (κ1) is 14.9. The quantitative estimate of drug-likeness (QED) is 0.513. The molecule has 92 valence electrons. The monoisotopic (exact) mass is 312 g/mol. The zero-order valence-corrected chi connectivity index (χ0v) is 9.78. The molecule has 7 nitrogen and oxygen atoms in total. The molecule has 0 aliphatic heterocycles. The fourth-order valence-corrected chi connectivity index (χ4v) is 0.772. The molecule has 1 aromatic carbocycles. The van der Waals surface area contributed by atoms with Gasteiger partial charge in [0, 0.05) is 6.07 Å². The molecule has 0 aliphatic carbocycles. The van der Waals surface area contributed by atoms with E-state index in [1.165, 1.54) is 0 Å². The molecule has 0 amide bonds. The zero-order chi connectivity index (χ0) is 12.7. The molecule has 10 heteroatoms. The minimum absolute atomic E-state index is 0.426. The summed E-state index contributed by atoms with van der Waals surface area (Å²) in [6, 6.07) is 2.61. The van der Waals surface area contributed by atoms with E-state index in [1.54, 1.807) is 0 Å². The Bertz CT molecular complexity index is 403. The molecule has 0 radical (unpaired) electrons. The second kappa shape index (κ2) is 7.21. The number of non-ortho nitro benzene ring substituents is 1. The number of halogens is 2. The van der Waals surface area contributed by atoms with Gasteiger partial charge in [-0.1, -0.05) is 0 Å². The van der Waals surface area contributed by atoms with Gasteiger partial charge in [-0.15, -0.1) is 0 Å². The number of nitrogens with zero attached hydrogens (tertiary/aromatic N) is 2. The number of benzene rings is 1. The predicted octanol–water partition coefficient (Wildman–Crippen LogP) is 2.59. The SMILES string of the molecule is O=[N+]([O-])c1ccc(O)c([N+](=O)[O-])c1.[Cl][Ni][Cl]. The van der Waals surface area contributed by atoms with E-state index in [0.29, 0.717) is 18.7 Å². The van der Waals surface area contributed by atoms with E-state index < -0.39 is 27.0 Å². The number of nitro groups is 2. The number of rotatable bonds is 2. The van der Waals surface area contributed by atoms with Crippen LogP contribution in [0.3, 0.4) is 0 Å². The molecular weight excluding hydrogens is 310 g/mol. The third-order valence-electron chi connectivity index (χ3n) is 1.37. The molecule has 1 aromatic rings. The second-order valence-corrected chi connectivity index (χ2v) is 3.86.